The molecule has 0 radical (unpaired) electrons. The molecule has 0 aliphatic rings. The summed E-state index contributed by atoms with van der Waals surface area (Å²) < 4.78 is 4.94. The van der Waals surface area contributed by atoms with Gasteiger partial charge in [-0.1, -0.05) is 27.2 Å². The Morgan fingerprint density at radius 3 is 2.33 bits per heavy atom. The Morgan fingerprint density at radius 2 is 1.86 bits per heavy atom. The summed E-state index contributed by atoms with van der Waals surface area (Å²) in [5, 5.41) is 0. The summed E-state index contributed by atoms with van der Waals surface area (Å²) in [5.41, 5.74) is 5.58. The molecule has 0 saturated heterocycles. The fourth-order valence-corrected chi connectivity index (χ4v) is 2.33. The number of esters is 1. The molecule has 0 rings (SSSR count). The molecule has 2 N–H and O–H groups in total. The minimum atomic E-state index is -0.333. The smallest absolute Gasteiger partial charge is 0.325 e. The number of hydrogen-bond donors (Lipinski definition) is 1. The van der Waals surface area contributed by atoms with Crippen molar-refractivity contribution in [1.82, 2.24) is 4.90 Å². The van der Waals surface area contributed by atoms with Crippen molar-refractivity contribution in [2.24, 2.45) is 17.6 Å². The van der Waals surface area contributed by atoms with Crippen molar-refractivity contribution in [2.45, 2.75) is 53.4 Å². The van der Waals surface area contributed by atoms with E-state index in [9.17, 15) is 9.59 Å². The summed E-state index contributed by atoms with van der Waals surface area (Å²) in [6.07, 6.45) is 3.30. The molecule has 0 aliphatic carbocycles. The zero-order chi connectivity index (χ0) is 16.3. The second kappa shape index (κ2) is 11.5. The van der Waals surface area contributed by atoms with Gasteiger partial charge in [0.25, 0.3) is 0 Å². The maximum Gasteiger partial charge on any atom is 0.325 e. The monoisotopic (exact) mass is 300 g/mol. The van der Waals surface area contributed by atoms with Crippen molar-refractivity contribution in [1.29, 1.82) is 0 Å². The van der Waals surface area contributed by atoms with E-state index in [1.165, 1.54) is 0 Å². The summed E-state index contributed by atoms with van der Waals surface area (Å²) in [4.78, 5) is 25.6. The molecule has 21 heavy (non-hydrogen) atoms. The first-order valence-electron chi connectivity index (χ1n) is 8.07. The van der Waals surface area contributed by atoms with Crippen LogP contribution in [0.1, 0.15) is 53.4 Å². The minimum absolute atomic E-state index is 0.0345. The van der Waals surface area contributed by atoms with E-state index < -0.39 is 0 Å². The molecule has 0 aromatic heterocycles. The minimum Gasteiger partial charge on any atom is -0.465 e. The molecule has 0 heterocycles. The topological polar surface area (TPSA) is 72.6 Å². The van der Waals surface area contributed by atoms with E-state index in [1.807, 2.05) is 13.8 Å². The second-order valence-electron chi connectivity index (χ2n) is 5.86. The van der Waals surface area contributed by atoms with E-state index in [0.717, 1.165) is 19.3 Å². The van der Waals surface area contributed by atoms with E-state index in [4.69, 9.17) is 10.5 Å². The van der Waals surface area contributed by atoms with Gasteiger partial charge in [-0.25, -0.2) is 0 Å². The third-order valence-electron chi connectivity index (χ3n) is 3.48. The maximum absolute atomic E-state index is 12.3. The molecule has 0 fully saturated rings. The molecule has 1 amide bonds. The third-order valence-corrected chi connectivity index (χ3v) is 3.48. The first kappa shape index (κ1) is 19.9. The van der Waals surface area contributed by atoms with E-state index in [-0.39, 0.29) is 18.4 Å². The van der Waals surface area contributed by atoms with Gasteiger partial charge in [-0.05, 0) is 38.1 Å². The Morgan fingerprint density at radius 1 is 1.19 bits per heavy atom. The van der Waals surface area contributed by atoms with E-state index in [2.05, 4.69) is 6.92 Å². The summed E-state index contributed by atoms with van der Waals surface area (Å²) in [7, 11) is 0. The average molecular weight is 300 g/mol. The molecular formula is C16H32N2O3. The van der Waals surface area contributed by atoms with Crippen molar-refractivity contribution < 1.29 is 14.3 Å². The van der Waals surface area contributed by atoms with E-state index >= 15 is 0 Å². The number of carbonyl (C=O) groups is 2. The lowest BCUT2D eigenvalue weighted by atomic mass is 9.96. The number of ether oxygens (including phenoxy) is 1. The normalized spacial score (nSPS) is 12.3. The van der Waals surface area contributed by atoms with Crippen LogP contribution in [-0.4, -0.2) is 43.0 Å². The fraction of sp³-hybridized carbons (Fsp3) is 0.875. The van der Waals surface area contributed by atoms with Crippen molar-refractivity contribution in [3.63, 3.8) is 0 Å². The quantitative estimate of drug-likeness (QED) is 0.594. The van der Waals surface area contributed by atoms with E-state index in [0.29, 0.717) is 38.0 Å². The Labute approximate surface area is 129 Å². The van der Waals surface area contributed by atoms with Crippen LogP contribution in [0.25, 0.3) is 0 Å². The number of hydrogen-bond acceptors (Lipinski definition) is 4. The van der Waals surface area contributed by atoms with Gasteiger partial charge >= 0.3 is 5.97 Å². The SMILES string of the molecule is CCOC(=O)CN(CC(C)C)C(=O)CCC(CC)CCN. The number of amides is 1. The van der Waals surface area contributed by atoms with Crippen LogP contribution in [0.4, 0.5) is 0 Å². The predicted octanol–water partition coefficient (Wildman–Crippen LogP) is 2.19. The standard InChI is InChI=1S/C16H32N2O3/c1-5-14(9-10-17)7-8-15(19)18(11-13(3)4)12-16(20)21-6-2/h13-14H,5-12,17H2,1-4H3. The molecule has 0 spiro atoms. The summed E-state index contributed by atoms with van der Waals surface area (Å²) >= 11 is 0. The molecule has 1 atom stereocenters. The Bertz CT molecular complexity index is 306. The molecule has 5 nitrogen and oxygen atoms in total. The van der Waals surface area contributed by atoms with E-state index in [1.54, 1.807) is 11.8 Å². The Kier molecular flexibility index (Phi) is 10.9. The summed E-state index contributed by atoms with van der Waals surface area (Å²) in [6, 6.07) is 0. The van der Waals surface area contributed by atoms with Crippen molar-refractivity contribution in [3.8, 4) is 0 Å². The summed E-state index contributed by atoms with van der Waals surface area (Å²) in [5.74, 6) is 0.518. The van der Waals surface area contributed by atoms with Crippen molar-refractivity contribution >= 4 is 11.9 Å². The average Bonchev–Trinajstić information content (AvgIpc) is 2.42. The van der Waals surface area contributed by atoms with Crippen LogP contribution in [0, 0.1) is 11.8 Å². The van der Waals surface area contributed by atoms with Crippen LogP contribution in [-0.2, 0) is 14.3 Å². The highest BCUT2D eigenvalue weighted by molar-refractivity contribution is 5.82. The molecule has 0 saturated carbocycles. The Hall–Kier alpha value is -1.10. The van der Waals surface area contributed by atoms with Gasteiger partial charge in [0.15, 0.2) is 0 Å². The van der Waals surface area contributed by atoms with Gasteiger partial charge in [-0.2, -0.15) is 0 Å². The lowest BCUT2D eigenvalue weighted by molar-refractivity contribution is -0.149. The molecule has 0 aliphatic heterocycles. The van der Waals surface area contributed by atoms with Crippen LogP contribution in [0.15, 0.2) is 0 Å². The van der Waals surface area contributed by atoms with Gasteiger partial charge in [-0.3, -0.25) is 9.59 Å². The van der Waals surface area contributed by atoms with Gasteiger partial charge < -0.3 is 15.4 Å². The molecule has 5 heteroatoms. The number of rotatable bonds is 11. The number of nitrogens with zero attached hydrogens (tertiary/aromatic N) is 1. The van der Waals surface area contributed by atoms with Crippen LogP contribution in [0.3, 0.4) is 0 Å². The lowest BCUT2D eigenvalue weighted by Gasteiger charge is -2.24. The zero-order valence-electron chi connectivity index (χ0n) is 14.1. The van der Waals surface area contributed by atoms with Gasteiger partial charge in [0.2, 0.25) is 5.91 Å². The molecular weight excluding hydrogens is 268 g/mol. The maximum atomic E-state index is 12.3. The molecule has 0 aromatic carbocycles. The zero-order valence-corrected chi connectivity index (χ0v) is 14.1. The number of carbonyl (C=O) groups excluding carboxylic acids is 2. The summed E-state index contributed by atoms with van der Waals surface area (Å²) in [6.45, 7) is 9.61. The Balaban J connectivity index is 4.46. The van der Waals surface area contributed by atoms with Crippen LogP contribution < -0.4 is 5.73 Å². The van der Waals surface area contributed by atoms with Gasteiger partial charge in [0.05, 0.1) is 6.61 Å². The highest BCUT2D eigenvalue weighted by Crippen LogP contribution is 2.16. The number of nitrogens with two attached hydrogens (primary N) is 1. The fourth-order valence-electron chi connectivity index (χ4n) is 2.33. The molecule has 0 bridgehead atoms. The first-order chi connectivity index (χ1) is 9.94. The largest absolute Gasteiger partial charge is 0.465 e. The highest BCUT2D eigenvalue weighted by Gasteiger charge is 2.19. The molecule has 0 aromatic rings. The predicted molar refractivity (Wildman–Crippen MR) is 84.7 cm³/mol. The van der Waals surface area contributed by atoms with Gasteiger partial charge in [0.1, 0.15) is 6.54 Å². The third kappa shape index (κ3) is 9.45. The van der Waals surface area contributed by atoms with Gasteiger partial charge in [0, 0.05) is 13.0 Å². The van der Waals surface area contributed by atoms with Gasteiger partial charge in [-0.15, -0.1) is 0 Å². The van der Waals surface area contributed by atoms with Crippen molar-refractivity contribution in [3.05, 3.63) is 0 Å². The van der Waals surface area contributed by atoms with Crippen LogP contribution in [0.5, 0.6) is 0 Å². The molecule has 1 unspecified atom stereocenters. The second-order valence-corrected chi connectivity index (χ2v) is 5.86. The lowest BCUT2D eigenvalue weighted by Crippen LogP contribution is -2.39. The van der Waals surface area contributed by atoms with Crippen LogP contribution in [0.2, 0.25) is 0 Å². The van der Waals surface area contributed by atoms with Crippen LogP contribution >= 0.6 is 0 Å². The highest BCUT2D eigenvalue weighted by atomic mass is 16.5. The first-order valence-corrected chi connectivity index (χ1v) is 8.07. The van der Waals surface area contributed by atoms with Crippen molar-refractivity contribution in [2.75, 3.05) is 26.2 Å². The molecule has 124 valence electrons.